The molecular formula is C28H29Cl2NO8S. The molecule has 0 aromatic heterocycles. The molecule has 3 aromatic rings. The second kappa shape index (κ2) is 13.5. The Bertz CT molecular complexity index is 1350. The topological polar surface area (TPSA) is 98.5 Å². The van der Waals surface area contributed by atoms with Crippen LogP contribution in [0.1, 0.15) is 36.2 Å². The number of ether oxygens (including phenoxy) is 6. The zero-order chi connectivity index (χ0) is 28.8. The summed E-state index contributed by atoms with van der Waals surface area (Å²) in [6.45, 7) is 0.213. The number of benzene rings is 3. The second-order valence-corrected chi connectivity index (χ2v) is 10.7. The average molecular weight is 611 g/mol. The number of hydrogen-bond acceptors (Lipinski definition) is 9. The molecule has 1 saturated heterocycles. The van der Waals surface area contributed by atoms with Gasteiger partial charge in [0.05, 0.1) is 62.2 Å². The van der Waals surface area contributed by atoms with Gasteiger partial charge in [0.2, 0.25) is 11.5 Å². The standard InChI is InChI=1S/C28H29Cl2NO8S/c1-34-24-12-16(22-7-8-23(39-22)17-13-25(35-2)28(37-4)26(14-17)36-3)11-21(31(32)33)27(24)38-9-10-40-18-5-6-19(29)20(30)15-18/h5-6,11-15,22-23H,7-10H2,1-4H3/t22-,23-/m0/s1. The molecule has 1 fully saturated rings. The summed E-state index contributed by atoms with van der Waals surface area (Å²) in [5.41, 5.74) is 1.31. The molecule has 0 radical (unpaired) electrons. The predicted molar refractivity (Wildman–Crippen MR) is 154 cm³/mol. The van der Waals surface area contributed by atoms with Crippen LogP contribution < -0.4 is 23.7 Å². The highest BCUT2D eigenvalue weighted by Crippen LogP contribution is 2.48. The van der Waals surface area contributed by atoms with E-state index in [2.05, 4.69) is 0 Å². The first-order valence-electron chi connectivity index (χ1n) is 12.3. The van der Waals surface area contributed by atoms with Crippen LogP contribution in [0.2, 0.25) is 10.0 Å². The lowest BCUT2D eigenvalue weighted by molar-refractivity contribution is -0.386. The van der Waals surface area contributed by atoms with Crippen LogP contribution in [-0.2, 0) is 4.74 Å². The minimum Gasteiger partial charge on any atom is -0.493 e. The Balaban J connectivity index is 1.50. The average Bonchev–Trinajstić information content (AvgIpc) is 3.46. The van der Waals surface area contributed by atoms with E-state index in [4.69, 9.17) is 51.6 Å². The lowest BCUT2D eigenvalue weighted by Crippen LogP contribution is -2.07. The van der Waals surface area contributed by atoms with E-state index in [0.29, 0.717) is 51.5 Å². The Morgan fingerprint density at radius 2 is 1.43 bits per heavy atom. The summed E-state index contributed by atoms with van der Waals surface area (Å²) in [6.07, 6.45) is 0.708. The zero-order valence-electron chi connectivity index (χ0n) is 22.4. The maximum absolute atomic E-state index is 12.0. The minimum absolute atomic E-state index is 0.0742. The van der Waals surface area contributed by atoms with Crippen LogP contribution in [-0.4, -0.2) is 45.7 Å². The fourth-order valence-corrected chi connectivity index (χ4v) is 5.64. The van der Waals surface area contributed by atoms with Gasteiger partial charge in [-0.05, 0) is 60.4 Å². The molecule has 0 aliphatic carbocycles. The van der Waals surface area contributed by atoms with Gasteiger partial charge in [-0.3, -0.25) is 10.1 Å². The molecule has 0 spiro atoms. The van der Waals surface area contributed by atoms with Crippen LogP contribution in [0.15, 0.2) is 47.4 Å². The normalized spacial score (nSPS) is 16.4. The van der Waals surface area contributed by atoms with E-state index < -0.39 is 4.92 Å². The van der Waals surface area contributed by atoms with E-state index in [9.17, 15) is 10.1 Å². The first-order chi connectivity index (χ1) is 19.3. The van der Waals surface area contributed by atoms with Gasteiger partial charge in [0.1, 0.15) is 0 Å². The molecule has 3 aromatic carbocycles. The lowest BCUT2D eigenvalue weighted by atomic mass is 10.0. The number of thioether (sulfide) groups is 1. The summed E-state index contributed by atoms with van der Waals surface area (Å²) < 4.78 is 34.1. The number of nitrogens with zero attached hydrogens (tertiary/aromatic N) is 1. The molecule has 1 aliphatic rings. The van der Waals surface area contributed by atoms with Crippen LogP contribution >= 0.6 is 35.0 Å². The lowest BCUT2D eigenvalue weighted by Gasteiger charge is -2.19. The third kappa shape index (κ3) is 6.63. The number of rotatable bonds is 12. The van der Waals surface area contributed by atoms with E-state index >= 15 is 0 Å². The number of methoxy groups -OCH3 is 4. The Hall–Kier alpha value is -3.05. The van der Waals surface area contributed by atoms with Crippen molar-refractivity contribution in [2.45, 2.75) is 29.9 Å². The maximum Gasteiger partial charge on any atom is 0.315 e. The fourth-order valence-electron chi connectivity index (χ4n) is 4.51. The fraction of sp³-hybridized carbons (Fsp3) is 0.357. The van der Waals surface area contributed by atoms with Gasteiger partial charge in [-0.1, -0.05) is 23.2 Å². The molecule has 2 atom stereocenters. The summed E-state index contributed by atoms with van der Waals surface area (Å²) >= 11 is 13.5. The first kappa shape index (κ1) is 29.9. The Morgan fingerprint density at radius 1 is 0.850 bits per heavy atom. The molecule has 1 heterocycles. The molecule has 0 saturated carbocycles. The number of halogens is 2. The molecule has 1 aliphatic heterocycles. The molecule has 0 amide bonds. The summed E-state index contributed by atoms with van der Waals surface area (Å²) in [6, 6.07) is 12.3. The smallest absolute Gasteiger partial charge is 0.315 e. The summed E-state index contributed by atoms with van der Waals surface area (Å²) in [5.74, 6) is 2.42. The highest BCUT2D eigenvalue weighted by Gasteiger charge is 2.32. The van der Waals surface area contributed by atoms with Gasteiger partial charge in [0, 0.05) is 16.7 Å². The van der Waals surface area contributed by atoms with Crippen molar-refractivity contribution in [3.63, 3.8) is 0 Å². The third-order valence-corrected chi connectivity index (χ3v) is 8.11. The highest BCUT2D eigenvalue weighted by molar-refractivity contribution is 7.99. The van der Waals surface area contributed by atoms with Crippen molar-refractivity contribution in [2.75, 3.05) is 40.8 Å². The van der Waals surface area contributed by atoms with Crippen molar-refractivity contribution in [1.82, 2.24) is 0 Å². The van der Waals surface area contributed by atoms with Gasteiger partial charge >= 0.3 is 5.69 Å². The van der Waals surface area contributed by atoms with Crippen molar-refractivity contribution in [1.29, 1.82) is 0 Å². The second-order valence-electron chi connectivity index (χ2n) is 8.75. The zero-order valence-corrected chi connectivity index (χ0v) is 24.7. The number of hydrogen-bond donors (Lipinski definition) is 0. The van der Waals surface area contributed by atoms with Crippen molar-refractivity contribution in [3.8, 4) is 28.7 Å². The van der Waals surface area contributed by atoms with Gasteiger partial charge < -0.3 is 28.4 Å². The van der Waals surface area contributed by atoms with Crippen molar-refractivity contribution < 1.29 is 33.3 Å². The van der Waals surface area contributed by atoms with Crippen molar-refractivity contribution in [2.24, 2.45) is 0 Å². The Labute approximate surface area is 246 Å². The van der Waals surface area contributed by atoms with Crippen LogP contribution in [0.5, 0.6) is 28.7 Å². The Kier molecular flexibility index (Phi) is 10.1. The van der Waals surface area contributed by atoms with Crippen molar-refractivity contribution >= 4 is 40.7 Å². The van der Waals surface area contributed by atoms with Crippen molar-refractivity contribution in [3.05, 3.63) is 73.8 Å². The molecule has 12 heteroatoms. The van der Waals surface area contributed by atoms with Crippen LogP contribution in [0.25, 0.3) is 0 Å². The highest BCUT2D eigenvalue weighted by atomic mass is 35.5. The van der Waals surface area contributed by atoms with E-state index in [-0.39, 0.29) is 36.0 Å². The summed E-state index contributed by atoms with van der Waals surface area (Å²) in [4.78, 5) is 12.5. The Morgan fingerprint density at radius 3 is 1.95 bits per heavy atom. The van der Waals surface area contributed by atoms with E-state index in [1.165, 1.54) is 24.9 Å². The van der Waals surface area contributed by atoms with Crippen LogP contribution in [0, 0.1) is 10.1 Å². The maximum atomic E-state index is 12.0. The largest absolute Gasteiger partial charge is 0.493 e. The van der Waals surface area contributed by atoms with Gasteiger partial charge in [-0.15, -0.1) is 11.8 Å². The molecule has 0 bridgehead atoms. The first-order valence-corrected chi connectivity index (χ1v) is 14.1. The van der Waals surface area contributed by atoms with Gasteiger partial charge in [0.25, 0.3) is 0 Å². The molecule has 9 nitrogen and oxygen atoms in total. The van der Waals surface area contributed by atoms with Gasteiger partial charge in [0.15, 0.2) is 17.2 Å². The van der Waals surface area contributed by atoms with Crippen LogP contribution in [0.3, 0.4) is 0 Å². The molecule has 0 unspecified atom stereocenters. The summed E-state index contributed by atoms with van der Waals surface area (Å²) in [5, 5.41) is 13.0. The monoisotopic (exact) mass is 609 g/mol. The van der Waals surface area contributed by atoms with Gasteiger partial charge in [-0.2, -0.15) is 0 Å². The molecule has 0 N–H and O–H groups in total. The van der Waals surface area contributed by atoms with E-state index in [1.807, 2.05) is 18.2 Å². The molecule has 40 heavy (non-hydrogen) atoms. The predicted octanol–water partition coefficient (Wildman–Crippen LogP) is 7.70. The quantitative estimate of drug-likeness (QED) is 0.0884. The third-order valence-electron chi connectivity index (χ3n) is 6.41. The van der Waals surface area contributed by atoms with Crippen LogP contribution in [0.4, 0.5) is 5.69 Å². The van der Waals surface area contributed by atoms with E-state index in [0.717, 1.165) is 10.5 Å². The van der Waals surface area contributed by atoms with E-state index in [1.54, 1.807) is 39.5 Å². The molecular weight excluding hydrogens is 581 g/mol. The SMILES string of the molecule is COc1cc([C@@H]2CC[C@@H](c3cc(OC)c(OCCSc4ccc(Cl)c(Cl)c4)c([N+](=O)[O-])c3)O2)cc(OC)c1OC. The molecule has 4 rings (SSSR count). The van der Waals surface area contributed by atoms with Gasteiger partial charge in [-0.25, -0.2) is 0 Å². The minimum atomic E-state index is -0.473. The molecule has 214 valence electrons. The number of nitro groups is 1. The summed E-state index contributed by atoms with van der Waals surface area (Å²) in [7, 11) is 6.11. The number of nitro benzene ring substituents is 1.